The summed E-state index contributed by atoms with van der Waals surface area (Å²) in [7, 11) is 0. The first-order valence-electron chi connectivity index (χ1n) is 8.40. The Morgan fingerprint density at radius 3 is 2.33 bits per heavy atom. The zero-order chi connectivity index (χ0) is 19.6. The van der Waals surface area contributed by atoms with Gasteiger partial charge < -0.3 is 5.11 Å². The van der Waals surface area contributed by atoms with Crippen LogP contribution in [0.3, 0.4) is 0 Å². The molecule has 7 heteroatoms. The number of nitrogens with one attached hydrogen (secondary N) is 2. The van der Waals surface area contributed by atoms with Crippen molar-refractivity contribution < 1.29 is 5.11 Å². The second-order valence-electron chi connectivity index (χ2n) is 6.20. The Labute approximate surface area is 155 Å². The standard InChI is InChI=1S/C20H20N4O3/c1-12-8-4-6-10-15(12)23-22-14(3)17-18(25)21-20(27)24(19(17)26)16-11-7-5-9-13(16)2/h4-11,23,26H,1-3H3,(H,21,25,27)/b22-14+. The van der Waals surface area contributed by atoms with Crippen molar-refractivity contribution >= 4 is 11.4 Å². The van der Waals surface area contributed by atoms with Crippen molar-refractivity contribution in [3.05, 3.63) is 86.1 Å². The molecule has 0 atom stereocenters. The third kappa shape index (κ3) is 3.52. The molecule has 0 unspecified atom stereocenters. The largest absolute Gasteiger partial charge is 0.493 e. The summed E-state index contributed by atoms with van der Waals surface area (Å²) in [6.07, 6.45) is 0. The van der Waals surface area contributed by atoms with Gasteiger partial charge in [0.05, 0.1) is 17.1 Å². The summed E-state index contributed by atoms with van der Waals surface area (Å²) in [4.78, 5) is 26.9. The van der Waals surface area contributed by atoms with E-state index in [9.17, 15) is 14.7 Å². The summed E-state index contributed by atoms with van der Waals surface area (Å²) in [5.41, 5.74) is 4.68. The molecule has 0 aliphatic heterocycles. The normalized spacial score (nSPS) is 11.4. The van der Waals surface area contributed by atoms with Crippen LogP contribution in [0.2, 0.25) is 0 Å². The predicted molar refractivity (Wildman–Crippen MR) is 106 cm³/mol. The Balaban J connectivity index is 2.11. The number of hydrazone groups is 1. The Bertz CT molecular complexity index is 1140. The molecule has 0 saturated heterocycles. The number of H-pyrrole nitrogens is 1. The van der Waals surface area contributed by atoms with E-state index >= 15 is 0 Å². The van der Waals surface area contributed by atoms with Gasteiger partial charge in [0.25, 0.3) is 5.56 Å². The van der Waals surface area contributed by atoms with Gasteiger partial charge in [0.1, 0.15) is 5.56 Å². The molecule has 138 valence electrons. The number of benzene rings is 2. The van der Waals surface area contributed by atoms with Gasteiger partial charge in [-0.25, -0.2) is 9.36 Å². The van der Waals surface area contributed by atoms with E-state index in [1.807, 2.05) is 50.2 Å². The number of aromatic nitrogens is 2. The molecule has 2 aromatic carbocycles. The van der Waals surface area contributed by atoms with E-state index in [1.54, 1.807) is 19.1 Å². The van der Waals surface area contributed by atoms with Gasteiger partial charge in [-0.05, 0) is 44.0 Å². The summed E-state index contributed by atoms with van der Waals surface area (Å²) in [6, 6.07) is 14.6. The fraction of sp³-hybridized carbons (Fsp3) is 0.150. The molecule has 0 spiro atoms. The van der Waals surface area contributed by atoms with Crippen molar-refractivity contribution in [3.63, 3.8) is 0 Å². The fourth-order valence-corrected chi connectivity index (χ4v) is 2.79. The smallest absolute Gasteiger partial charge is 0.335 e. The van der Waals surface area contributed by atoms with E-state index in [0.717, 1.165) is 21.4 Å². The summed E-state index contributed by atoms with van der Waals surface area (Å²) in [6.45, 7) is 5.32. The van der Waals surface area contributed by atoms with Crippen LogP contribution in [0.15, 0.2) is 63.2 Å². The molecule has 0 saturated carbocycles. The topological polar surface area (TPSA) is 99.5 Å². The van der Waals surface area contributed by atoms with E-state index in [4.69, 9.17) is 0 Å². The van der Waals surface area contributed by atoms with Crippen molar-refractivity contribution in [3.8, 4) is 11.6 Å². The van der Waals surface area contributed by atoms with Gasteiger partial charge in [-0.15, -0.1) is 0 Å². The van der Waals surface area contributed by atoms with Gasteiger partial charge in [0, 0.05) is 0 Å². The number of hydrogen-bond acceptors (Lipinski definition) is 5. The van der Waals surface area contributed by atoms with E-state index in [-0.39, 0.29) is 11.3 Å². The number of nitrogens with zero attached hydrogens (tertiary/aromatic N) is 2. The molecule has 3 rings (SSSR count). The molecule has 3 N–H and O–H groups in total. The van der Waals surface area contributed by atoms with E-state index in [2.05, 4.69) is 15.5 Å². The van der Waals surface area contributed by atoms with Crippen molar-refractivity contribution in [2.24, 2.45) is 5.10 Å². The Kier molecular flexibility index (Phi) is 4.94. The minimum absolute atomic E-state index is 0.0704. The molecule has 0 fully saturated rings. The lowest BCUT2D eigenvalue weighted by molar-refractivity contribution is 0.429. The fourth-order valence-electron chi connectivity index (χ4n) is 2.79. The Morgan fingerprint density at radius 1 is 1.04 bits per heavy atom. The first-order valence-corrected chi connectivity index (χ1v) is 8.40. The van der Waals surface area contributed by atoms with Crippen molar-refractivity contribution in [1.82, 2.24) is 9.55 Å². The molecule has 0 bridgehead atoms. The zero-order valence-corrected chi connectivity index (χ0v) is 15.3. The second-order valence-corrected chi connectivity index (χ2v) is 6.20. The van der Waals surface area contributed by atoms with Gasteiger partial charge >= 0.3 is 5.69 Å². The van der Waals surface area contributed by atoms with E-state index in [0.29, 0.717) is 5.69 Å². The molecular formula is C20H20N4O3. The predicted octanol–water partition coefficient (Wildman–Crippen LogP) is 2.68. The maximum Gasteiger partial charge on any atom is 0.335 e. The average molecular weight is 364 g/mol. The molecule has 1 heterocycles. The number of para-hydroxylation sites is 2. The zero-order valence-electron chi connectivity index (χ0n) is 15.3. The summed E-state index contributed by atoms with van der Waals surface area (Å²) < 4.78 is 1.07. The molecule has 27 heavy (non-hydrogen) atoms. The average Bonchev–Trinajstić information content (AvgIpc) is 2.62. The number of hydrogen-bond donors (Lipinski definition) is 3. The number of aromatic amines is 1. The SMILES string of the molecule is C/C(=N\Nc1ccccc1C)c1c(O)n(-c2ccccc2C)c(=O)[nH]c1=O. The molecule has 0 amide bonds. The van der Waals surface area contributed by atoms with Crippen LogP contribution in [-0.2, 0) is 0 Å². The first kappa shape index (κ1) is 18.2. The number of aromatic hydroxyl groups is 1. The van der Waals surface area contributed by atoms with Crippen LogP contribution < -0.4 is 16.7 Å². The highest BCUT2D eigenvalue weighted by Crippen LogP contribution is 2.20. The van der Waals surface area contributed by atoms with Gasteiger partial charge in [-0.1, -0.05) is 36.4 Å². The lowest BCUT2D eigenvalue weighted by atomic mass is 10.1. The Hall–Kier alpha value is -3.61. The number of anilines is 1. The molecule has 3 aromatic rings. The van der Waals surface area contributed by atoms with Crippen LogP contribution in [0, 0.1) is 13.8 Å². The van der Waals surface area contributed by atoms with E-state index in [1.165, 1.54) is 0 Å². The lowest BCUT2D eigenvalue weighted by Crippen LogP contribution is -2.33. The third-order valence-electron chi connectivity index (χ3n) is 4.29. The van der Waals surface area contributed by atoms with Crippen LogP contribution in [0.4, 0.5) is 5.69 Å². The number of rotatable bonds is 4. The third-order valence-corrected chi connectivity index (χ3v) is 4.29. The molecular weight excluding hydrogens is 344 g/mol. The quantitative estimate of drug-likeness (QED) is 0.489. The van der Waals surface area contributed by atoms with Crippen LogP contribution in [0.1, 0.15) is 23.6 Å². The highest BCUT2D eigenvalue weighted by molar-refractivity contribution is 6.00. The van der Waals surface area contributed by atoms with Crippen molar-refractivity contribution in [2.75, 3.05) is 5.43 Å². The van der Waals surface area contributed by atoms with Gasteiger partial charge in [-0.3, -0.25) is 15.2 Å². The summed E-state index contributed by atoms with van der Waals surface area (Å²) >= 11 is 0. The van der Waals surface area contributed by atoms with Gasteiger partial charge in [0.2, 0.25) is 5.88 Å². The van der Waals surface area contributed by atoms with Gasteiger partial charge in [-0.2, -0.15) is 5.10 Å². The van der Waals surface area contributed by atoms with E-state index < -0.39 is 17.1 Å². The van der Waals surface area contributed by atoms with Crippen molar-refractivity contribution in [1.29, 1.82) is 0 Å². The maximum absolute atomic E-state index is 12.3. The first-order chi connectivity index (χ1) is 12.9. The van der Waals surface area contributed by atoms with Crippen molar-refractivity contribution in [2.45, 2.75) is 20.8 Å². The summed E-state index contributed by atoms with van der Waals surface area (Å²) in [5.74, 6) is -0.453. The summed E-state index contributed by atoms with van der Waals surface area (Å²) in [5, 5.41) is 14.9. The maximum atomic E-state index is 12.3. The van der Waals surface area contributed by atoms with Gasteiger partial charge in [0.15, 0.2) is 0 Å². The molecule has 0 aliphatic rings. The van der Waals surface area contributed by atoms with Crippen LogP contribution in [-0.4, -0.2) is 20.4 Å². The second kappa shape index (κ2) is 7.33. The lowest BCUT2D eigenvalue weighted by Gasteiger charge is -2.13. The molecule has 1 aromatic heterocycles. The van der Waals surface area contributed by atoms with Crippen LogP contribution in [0.5, 0.6) is 5.88 Å². The molecule has 7 nitrogen and oxygen atoms in total. The molecule has 0 radical (unpaired) electrons. The minimum Gasteiger partial charge on any atom is -0.493 e. The minimum atomic E-state index is -0.713. The molecule has 0 aliphatic carbocycles. The highest BCUT2D eigenvalue weighted by Gasteiger charge is 2.18. The van der Waals surface area contributed by atoms with Crippen LogP contribution in [0.25, 0.3) is 5.69 Å². The monoisotopic (exact) mass is 364 g/mol. The Morgan fingerprint density at radius 2 is 1.67 bits per heavy atom. The number of aryl methyl sites for hydroxylation is 2. The van der Waals surface area contributed by atoms with Crippen LogP contribution >= 0.6 is 0 Å². The highest BCUT2D eigenvalue weighted by atomic mass is 16.3.